The van der Waals surface area contributed by atoms with Crippen LogP contribution in [0.4, 0.5) is 0 Å². The van der Waals surface area contributed by atoms with E-state index in [4.69, 9.17) is 0 Å². The van der Waals surface area contributed by atoms with Gasteiger partial charge in [0.05, 0.1) is 5.69 Å². The number of nitrogens with zero attached hydrogens (tertiary/aromatic N) is 3. The molecule has 0 aromatic carbocycles. The van der Waals surface area contributed by atoms with Crippen LogP contribution < -0.4 is 0 Å². The summed E-state index contributed by atoms with van der Waals surface area (Å²) in [4.78, 5) is 20.5. The molecule has 0 saturated carbocycles. The third kappa shape index (κ3) is 2.26. The van der Waals surface area contributed by atoms with E-state index in [1.54, 1.807) is 10.8 Å². The van der Waals surface area contributed by atoms with Gasteiger partial charge in [-0.2, -0.15) is 5.10 Å². The van der Waals surface area contributed by atoms with E-state index in [-0.39, 0.29) is 5.92 Å². The van der Waals surface area contributed by atoms with Crippen LogP contribution in [0.5, 0.6) is 0 Å². The molecule has 7 heteroatoms. The third-order valence-electron chi connectivity index (χ3n) is 4.54. The zero-order valence-electron chi connectivity index (χ0n) is 14.4. The van der Waals surface area contributed by atoms with E-state index in [0.717, 1.165) is 43.8 Å². The summed E-state index contributed by atoms with van der Waals surface area (Å²) in [6, 6.07) is 2.10. The summed E-state index contributed by atoms with van der Waals surface area (Å²) >= 11 is 1.30. The van der Waals surface area contributed by atoms with Crippen molar-refractivity contribution in [1.29, 1.82) is 0 Å². The van der Waals surface area contributed by atoms with Gasteiger partial charge >= 0.3 is 5.97 Å². The van der Waals surface area contributed by atoms with Gasteiger partial charge in [-0.05, 0) is 42.5 Å². The molecule has 128 valence electrons. The van der Waals surface area contributed by atoms with Crippen LogP contribution in [0.2, 0.25) is 0 Å². The number of rotatable bonds is 3. The lowest BCUT2D eigenvalue weighted by Crippen LogP contribution is -1.97. The van der Waals surface area contributed by atoms with Crippen molar-refractivity contribution in [2.24, 2.45) is 0 Å². The highest BCUT2D eigenvalue weighted by atomic mass is 32.1. The highest BCUT2D eigenvalue weighted by Gasteiger charge is 2.24. The summed E-state index contributed by atoms with van der Waals surface area (Å²) in [6.45, 7) is 8.16. The number of aromatic amines is 1. The van der Waals surface area contributed by atoms with E-state index in [1.165, 1.54) is 11.3 Å². The molecule has 0 fully saturated rings. The lowest BCUT2D eigenvalue weighted by atomic mass is 9.95. The highest BCUT2D eigenvalue weighted by molar-refractivity contribution is 7.20. The average Bonchev–Trinajstić information content (AvgIpc) is 3.21. The number of thiophene rings is 1. The molecule has 0 atom stereocenters. The number of aryl methyl sites for hydroxylation is 2. The van der Waals surface area contributed by atoms with Gasteiger partial charge < -0.3 is 10.1 Å². The van der Waals surface area contributed by atoms with Crippen molar-refractivity contribution in [2.45, 2.75) is 33.6 Å². The first kappa shape index (κ1) is 15.8. The minimum absolute atomic E-state index is 0.255. The number of fused-ring (bicyclic) bond motifs is 2. The van der Waals surface area contributed by atoms with Gasteiger partial charge in [-0.1, -0.05) is 13.8 Å². The fourth-order valence-corrected chi connectivity index (χ4v) is 4.54. The minimum atomic E-state index is -0.872. The predicted octanol–water partition coefficient (Wildman–Crippen LogP) is 4.38. The van der Waals surface area contributed by atoms with Crippen molar-refractivity contribution in [3.63, 3.8) is 0 Å². The Bertz CT molecular complexity index is 1130. The maximum atomic E-state index is 11.5. The van der Waals surface area contributed by atoms with Crippen molar-refractivity contribution in [3.8, 4) is 11.3 Å². The molecule has 25 heavy (non-hydrogen) atoms. The van der Waals surface area contributed by atoms with E-state index >= 15 is 0 Å². The predicted molar refractivity (Wildman–Crippen MR) is 98.7 cm³/mol. The zero-order chi connectivity index (χ0) is 17.9. The third-order valence-corrected chi connectivity index (χ3v) is 5.74. The van der Waals surface area contributed by atoms with E-state index in [0.29, 0.717) is 4.88 Å². The Balaban J connectivity index is 2.03. The van der Waals surface area contributed by atoms with Gasteiger partial charge in [-0.3, -0.25) is 0 Å². The molecule has 0 spiro atoms. The van der Waals surface area contributed by atoms with Crippen LogP contribution in [0.25, 0.3) is 27.1 Å². The molecular formula is C18H18N4O2S. The fraction of sp³-hybridized carbons (Fsp3) is 0.278. The Morgan fingerprint density at radius 2 is 2.12 bits per heavy atom. The van der Waals surface area contributed by atoms with Crippen LogP contribution in [0.3, 0.4) is 0 Å². The van der Waals surface area contributed by atoms with Crippen molar-refractivity contribution >= 4 is 33.2 Å². The molecular weight excluding hydrogens is 336 g/mol. The van der Waals surface area contributed by atoms with E-state index in [1.807, 2.05) is 20.0 Å². The number of hydrogen-bond acceptors (Lipinski definition) is 4. The zero-order valence-corrected chi connectivity index (χ0v) is 15.2. The van der Waals surface area contributed by atoms with Gasteiger partial charge in [0.25, 0.3) is 0 Å². The Kier molecular flexibility index (Phi) is 3.43. The topological polar surface area (TPSA) is 83.3 Å². The van der Waals surface area contributed by atoms with Gasteiger partial charge in [0, 0.05) is 17.1 Å². The second-order valence-electron chi connectivity index (χ2n) is 6.57. The number of carbonyl (C=O) groups is 1. The van der Waals surface area contributed by atoms with E-state index in [2.05, 4.69) is 35.0 Å². The number of aromatic nitrogens is 4. The molecule has 4 rings (SSSR count). The molecule has 2 N–H and O–H groups in total. The summed E-state index contributed by atoms with van der Waals surface area (Å²) in [7, 11) is 0. The monoisotopic (exact) mass is 354 g/mol. The second kappa shape index (κ2) is 5.42. The first-order valence-corrected chi connectivity index (χ1v) is 8.88. The van der Waals surface area contributed by atoms with Crippen LogP contribution in [-0.2, 0) is 0 Å². The van der Waals surface area contributed by atoms with Crippen LogP contribution in [-0.4, -0.2) is 30.7 Å². The molecule has 0 aliphatic rings. The lowest BCUT2D eigenvalue weighted by Gasteiger charge is -2.10. The Hall–Kier alpha value is -2.67. The van der Waals surface area contributed by atoms with Crippen molar-refractivity contribution in [2.75, 3.05) is 0 Å². The summed E-state index contributed by atoms with van der Waals surface area (Å²) in [6.07, 6.45) is 3.51. The molecule has 4 aromatic heterocycles. The van der Waals surface area contributed by atoms with Crippen LogP contribution in [0, 0.1) is 13.8 Å². The number of carboxylic acid groups (broad SMARTS) is 1. The Morgan fingerprint density at radius 1 is 1.36 bits per heavy atom. The quantitative estimate of drug-likeness (QED) is 0.572. The molecule has 0 saturated heterocycles. The molecule has 6 nitrogen and oxygen atoms in total. The van der Waals surface area contributed by atoms with Crippen LogP contribution in [0.1, 0.15) is 46.1 Å². The SMILES string of the molecule is Cc1c(C(=O)O)sc2[nH]c(-c3cc(C)c4ncnn4c3)c(C(C)C)c12. The molecule has 0 bridgehead atoms. The standard InChI is InChI=1S/C18H18N4O2S/c1-8(2)12-13-10(4)15(18(23)24)25-17(13)21-14(12)11-5-9(3)16-19-7-20-22(16)6-11/h5-8,21H,1-4H3,(H,23,24). The molecule has 0 aliphatic carbocycles. The molecule has 4 heterocycles. The molecule has 4 aromatic rings. The Labute approximate surface area is 148 Å². The van der Waals surface area contributed by atoms with E-state index in [9.17, 15) is 9.90 Å². The van der Waals surface area contributed by atoms with E-state index < -0.39 is 5.97 Å². The lowest BCUT2D eigenvalue weighted by molar-refractivity contribution is 0.0701. The molecule has 0 radical (unpaired) electrons. The largest absolute Gasteiger partial charge is 0.477 e. The summed E-state index contributed by atoms with van der Waals surface area (Å²) in [5.74, 6) is -0.617. The normalized spacial score (nSPS) is 11.9. The summed E-state index contributed by atoms with van der Waals surface area (Å²) in [5.41, 5.74) is 5.92. The fourth-order valence-electron chi connectivity index (χ4n) is 3.47. The van der Waals surface area contributed by atoms with Crippen LogP contribution >= 0.6 is 11.3 Å². The second-order valence-corrected chi connectivity index (χ2v) is 7.59. The van der Waals surface area contributed by atoms with Gasteiger partial charge in [-0.25, -0.2) is 14.3 Å². The van der Waals surface area contributed by atoms with Crippen molar-refractivity contribution in [3.05, 3.63) is 40.2 Å². The maximum absolute atomic E-state index is 11.5. The summed E-state index contributed by atoms with van der Waals surface area (Å²) in [5, 5.41) is 14.7. The smallest absolute Gasteiger partial charge is 0.346 e. The summed E-state index contributed by atoms with van der Waals surface area (Å²) < 4.78 is 1.78. The number of aromatic carboxylic acids is 1. The molecule has 0 amide bonds. The number of pyridine rings is 1. The van der Waals surface area contributed by atoms with Gasteiger partial charge in [-0.15, -0.1) is 11.3 Å². The minimum Gasteiger partial charge on any atom is -0.477 e. The Morgan fingerprint density at radius 3 is 2.80 bits per heavy atom. The average molecular weight is 354 g/mol. The number of hydrogen-bond donors (Lipinski definition) is 2. The van der Waals surface area contributed by atoms with Gasteiger partial charge in [0.1, 0.15) is 16.0 Å². The molecule has 0 aliphatic heterocycles. The van der Waals surface area contributed by atoms with Gasteiger partial charge in [0.15, 0.2) is 5.65 Å². The van der Waals surface area contributed by atoms with Crippen LogP contribution in [0.15, 0.2) is 18.6 Å². The number of carboxylic acids is 1. The first-order valence-electron chi connectivity index (χ1n) is 8.07. The van der Waals surface area contributed by atoms with Crippen molar-refractivity contribution in [1.82, 2.24) is 19.6 Å². The highest BCUT2D eigenvalue weighted by Crippen LogP contribution is 2.42. The van der Waals surface area contributed by atoms with Crippen molar-refractivity contribution < 1.29 is 9.90 Å². The number of H-pyrrole nitrogens is 1. The number of nitrogens with one attached hydrogen (secondary N) is 1. The first-order chi connectivity index (χ1) is 11.9. The maximum Gasteiger partial charge on any atom is 0.346 e. The molecule has 0 unspecified atom stereocenters. The van der Waals surface area contributed by atoms with Gasteiger partial charge in [0.2, 0.25) is 0 Å².